The molecule has 114 valence electrons. The van der Waals surface area contributed by atoms with Crippen molar-refractivity contribution in [2.24, 2.45) is 17.6 Å². The summed E-state index contributed by atoms with van der Waals surface area (Å²) >= 11 is 3.33. The van der Waals surface area contributed by atoms with Gasteiger partial charge in [0.15, 0.2) is 0 Å². The number of nitrogens with one attached hydrogen (secondary N) is 1. The minimum Gasteiger partial charge on any atom is -0.481 e. The van der Waals surface area contributed by atoms with Gasteiger partial charge in [-0.1, -0.05) is 6.07 Å². The quantitative estimate of drug-likeness (QED) is 0.757. The molecule has 0 saturated heterocycles. The maximum Gasteiger partial charge on any atom is 0.306 e. The molecule has 0 atom stereocenters. The molecule has 0 bridgehead atoms. The Hall–Kier alpha value is -1.56. The lowest BCUT2D eigenvalue weighted by Gasteiger charge is -2.26. The molecule has 2 rings (SSSR count). The molecule has 0 unspecified atom stereocenters. The van der Waals surface area contributed by atoms with Crippen LogP contribution in [0.2, 0.25) is 0 Å². The summed E-state index contributed by atoms with van der Waals surface area (Å²) in [6, 6.07) is 5.46. The monoisotopic (exact) mass is 354 g/mol. The Morgan fingerprint density at radius 3 is 2.52 bits per heavy atom. The first kappa shape index (κ1) is 15.8. The fourth-order valence-corrected chi connectivity index (χ4v) is 3.35. The van der Waals surface area contributed by atoms with E-state index in [1.165, 1.54) is 0 Å². The molecule has 1 aromatic rings. The molecule has 1 amide bonds. The number of rotatable bonds is 5. The Bertz CT molecular complexity index is 540. The number of amides is 1. The Kier molecular flexibility index (Phi) is 5.22. The third-order valence-corrected chi connectivity index (χ3v) is 4.70. The van der Waals surface area contributed by atoms with Crippen LogP contribution in [0, 0.1) is 11.8 Å². The molecule has 0 heterocycles. The molecule has 5 nitrogen and oxygen atoms in total. The zero-order valence-electron chi connectivity index (χ0n) is 11.6. The Morgan fingerprint density at radius 1 is 1.29 bits per heavy atom. The van der Waals surface area contributed by atoms with Gasteiger partial charge in [-0.15, -0.1) is 0 Å². The van der Waals surface area contributed by atoms with Gasteiger partial charge in [0.1, 0.15) is 0 Å². The molecule has 0 aliphatic heterocycles. The third kappa shape index (κ3) is 3.97. The van der Waals surface area contributed by atoms with Crippen LogP contribution in [0.15, 0.2) is 22.7 Å². The molecule has 1 fully saturated rings. The van der Waals surface area contributed by atoms with Crippen LogP contribution in [-0.2, 0) is 4.79 Å². The van der Waals surface area contributed by atoms with Crippen molar-refractivity contribution in [2.45, 2.75) is 25.7 Å². The number of halogens is 1. The van der Waals surface area contributed by atoms with Crippen LogP contribution in [-0.4, -0.2) is 23.5 Å². The summed E-state index contributed by atoms with van der Waals surface area (Å²) < 4.78 is 0.676. The van der Waals surface area contributed by atoms with E-state index in [9.17, 15) is 9.59 Å². The lowest BCUT2D eigenvalue weighted by molar-refractivity contribution is -0.143. The van der Waals surface area contributed by atoms with Crippen molar-refractivity contribution in [3.8, 4) is 0 Å². The Balaban J connectivity index is 1.94. The lowest BCUT2D eigenvalue weighted by Crippen LogP contribution is -2.26. The molecular weight excluding hydrogens is 336 g/mol. The zero-order chi connectivity index (χ0) is 15.4. The topological polar surface area (TPSA) is 92.4 Å². The highest BCUT2D eigenvalue weighted by Crippen LogP contribution is 2.30. The average molecular weight is 355 g/mol. The van der Waals surface area contributed by atoms with Gasteiger partial charge in [-0.3, -0.25) is 9.59 Å². The van der Waals surface area contributed by atoms with Crippen molar-refractivity contribution >= 4 is 33.5 Å². The zero-order valence-corrected chi connectivity index (χ0v) is 13.2. The number of carboxylic acids is 1. The van der Waals surface area contributed by atoms with Gasteiger partial charge < -0.3 is 16.2 Å². The van der Waals surface area contributed by atoms with Crippen molar-refractivity contribution in [2.75, 3.05) is 11.9 Å². The first-order valence-corrected chi connectivity index (χ1v) is 7.83. The van der Waals surface area contributed by atoms with E-state index in [0.29, 0.717) is 16.0 Å². The van der Waals surface area contributed by atoms with Crippen molar-refractivity contribution in [3.63, 3.8) is 0 Å². The van der Waals surface area contributed by atoms with Crippen LogP contribution >= 0.6 is 15.9 Å². The fraction of sp³-hybridized carbons (Fsp3) is 0.467. The normalized spacial score (nSPS) is 21.8. The summed E-state index contributed by atoms with van der Waals surface area (Å²) in [5.74, 6) is -0.933. The van der Waals surface area contributed by atoms with Crippen LogP contribution in [0.4, 0.5) is 5.69 Å². The number of carbonyl (C=O) groups excluding carboxylic acids is 1. The van der Waals surface area contributed by atoms with E-state index < -0.39 is 11.9 Å². The van der Waals surface area contributed by atoms with Gasteiger partial charge >= 0.3 is 5.97 Å². The second kappa shape index (κ2) is 6.93. The third-order valence-electron chi connectivity index (χ3n) is 4.04. The number of carbonyl (C=O) groups is 2. The number of nitrogens with two attached hydrogens (primary N) is 1. The van der Waals surface area contributed by atoms with Crippen LogP contribution in [0.5, 0.6) is 0 Å². The predicted molar refractivity (Wildman–Crippen MR) is 84.2 cm³/mol. The Morgan fingerprint density at radius 2 is 1.95 bits per heavy atom. The van der Waals surface area contributed by atoms with Crippen LogP contribution in [0.3, 0.4) is 0 Å². The summed E-state index contributed by atoms with van der Waals surface area (Å²) in [7, 11) is 0. The smallest absolute Gasteiger partial charge is 0.306 e. The van der Waals surface area contributed by atoms with Gasteiger partial charge in [-0.25, -0.2) is 0 Å². The van der Waals surface area contributed by atoms with E-state index in [0.717, 1.165) is 37.9 Å². The summed E-state index contributed by atoms with van der Waals surface area (Å²) in [5.41, 5.74) is 6.58. The molecule has 1 aliphatic carbocycles. The van der Waals surface area contributed by atoms with E-state index in [-0.39, 0.29) is 5.92 Å². The summed E-state index contributed by atoms with van der Waals surface area (Å²) in [6.07, 6.45) is 3.24. The van der Waals surface area contributed by atoms with Gasteiger partial charge in [0.25, 0.3) is 5.91 Å². The van der Waals surface area contributed by atoms with E-state index in [1.54, 1.807) is 6.07 Å². The molecule has 21 heavy (non-hydrogen) atoms. The fourth-order valence-electron chi connectivity index (χ4n) is 2.79. The molecule has 1 aliphatic rings. The molecule has 1 aromatic carbocycles. The number of primary amides is 1. The SMILES string of the molecule is NC(=O)c1c(Br)cccc1NCC1CCC(C(=O)O)CC1. The second-order valence-corrected chi connectivity index (χ2v) is 6.32. The van der Waals surface area contributed by atoms with Crippen molar-refractivity contribution in [1.29, 1.82) is 0 Å². The predicted octanol–water partition coefficient (Wildman–Crippen LogP) is 2.85. The number of benzene rings is 1. The number of anilines is 1. The van der Waals surface area contributed by atoms with Crippen molar-refractivity contribution in [3.05, 3.63) is 28.2 Å². The number of hydrogen-bond donors (Lipinski definition) is 3. The standard InChI is InChI=1S/C15H19BrN2O3/c16-11-2-1-3-12(13(11)14(17)19)18-8-9-4-6-10(7-5-9)15(20)21/h1-3,9-10,18H,4-8H2,(H2,17,19)(H,20,21). The first-order chi connectivity index (χ1) is 9.99. The van der Waals surface area contributed by atoms with E-state index in [4.69, 9.17) is 10.8 Å². The Labute approximate surface area is 132 Å². The summed E-state index contributed by atoms with van der Waals surface area (Å²) in [6.45, 7) is 0.725. The average Bonchev–Trinajstić information content (AvgIpc) is 2.45. The highest BCUT2D eigenvalue weighted by Gasteiger charge is 2.26. The molecule has 1 saturated carbocycles. The highest BCUT2D eigenvalue weighted by molar-refractivity contribution is 9.10. The summed E-state index contributed by atoms with van der Waals surface area (Å²) in [4.78, 5) is 22.4. The number of aliphatic carboxylic acids is 1. The minimum absolute atomic E-state index is 0.201. The lowest BCUT2D eigenvalue weighted by atomic mass is 9.82. The van der Waals surface area contributed by atoms with Gasteiger partial charge in [-0.2, -0.15) is 0 Å². The maximum atomic E-state index is 11.5. The second-order valence-electron chi connectivity index (χ2n) is 5.46. The van der Waals surface area contributed by atoms with Crippen LogP contribution in [0.1, 0.15) is 36.0 Å². The highest BCUT2D eigenvalue weighted by atomic mass is 79.9. The van der Waals surface area contributed by atoms with Crippen LogP contribution < -0.4 is 11.1 Å². The van der Waals surface area contributed by atoms with Gasteiger partial charge in [0.05, 0.1) is 11.5 Å². The van der Waals surface area contributed by atoms with Crippen LogP contribution in [0.25, 0.3) is 0 Å². The molecule has 0 spiro atoms. The minimum atomic E-state index is -0.690. The van der Waals surface area contributed by atoms with E-state index >= 15 is 0 Å². The van der Waals surface area contributed by atoms with Gasteiger partial charge in [0.2, 0.25) is 0 Å². The first-order valence-electron chi connectivity index (χ1n) is 7.04. The number of hydrogen-bond acceptors (Lipinski definition) is 3. The molecule has 4 N–H and O–H groups in total. The molecule has 0 radical (unpaired) electrons. The molecular formula is C15H19BrN2O3. The maximum absolute atomic E-state index is 11.5. The molecule has 6 heteroatoms. The van der Waals surface area contributed by atoms with E-state index in [1.807, 2.05) is 12.1 Å². The van der Waals surface area contributed by atoms with Crippen molar-refractivity contribution in [1.82, 2.24) is 0 Å². The van der Waals surface area contributed by atoms with Gasteiger partial charge in [0, 0.05) is 16.7 Å². The van der Waals surface area contributed by atoms with Crippen molar-refractivity contribution < 1.29 is 14.7 Å². The van der Waals surface area contributed by atoms with Gasteiger partial charge in [-0.05, 0) is 59.7 Å². The van der Waals surface area contributed by atoms with E-state index in [2.05, 4.69) is 21.2 Å². The summed E-state index contributed by atoms with van der Waals surface area (Å²) in [5, 5.41) is 12.3. The largest absolute Gasteiger partial charge is 0.481 e. The molecule has 0 aromatic heterocycles. The number of carboxylic acid groups (broad SMARTS) is 1.